The van der Waals surface area contributed by atoms with Gasteiger partial charge in [0.05, 0.1) is 5.75 Å². The number of hydrogen-bond acceptors (Lipinski definition) is 4. The van der Waals surface area contributed by atoms with Gasteiger partial charge in [0, 0.05) is 30.1 Å². The zero-order valence-electron chi connectivity index (χ0n) is 10.8. The second kappa shape index (κ2) is 4.62. The van der Waals surface area contributed by atoms with Crippen molar-refractivity contribution in [3.63, 3.8) is 0 Å². The van der Waals surface area contributed by atoms with E-state index in [4.69, 9.17) is 0 Å². The van der Waals surface area contributed by atoms with Gasteiger partial charge in [-0.1, -0.05) is 18.9 Å². The molecule has 1 saturated heterocycles. The van der Waals surface area contributed by atoms with E-state index in [1.54, 1.807) is 0 Å². The summed E-state index contributed by atoms with van der Waals surface area (Å²) in [6.07, 6.45) is 8.09. The van der Waals surface area contributed by atoms with Crippen LogP contribution >= 0.6 is 0 Å². The molecule has 1 saturated carbocycles. The molecule has 1 atom stereocenters. The van der Waals surface area contributed by atoms with Crippen LogP contribution in [0.25, 0.3) is 0 Å². The minimum absolute atomic E-state index is 0.104. The summed E-state index contributed by atoms with van der Waals surface area (Å²) in [5, 5.41) is 5.12. The maximum absolute atomic E-state index is 11.6. The Labute approximate surface area is 109 Å². The van der Waals surface area contributed by atoms with Crippen LogP contribution in [0.4, 0.5) is 0 Å². The molecule has 1 N–H and O–H groups in total. The normalized spacial score (nSPS) is 35.0. The van der Waals surface area contributed by atoms with Crippen molar-refractivity contribution in [3.8, 4) is 0 Å². The first kappa shape index (κ1) is 12.6. The van der Waals surface area contributed by atoms with E-state index in [1.165, 1.54) is 31.1 Å². The maximum Gasteiger partial charge on any atom is 0.173 e. The topological polar surface area (TPSA) is 49.4 Å². The summed E-state index contributed by atoms with van der Waals surface area (Å²) in [7, 11) is -2.93. The number of sulfone groups is 1. The lowest BCUT2D eigenvalue weighted by molar-refractivity contribution is 0.190. The minimum atomic E-state index is -2.93. The highest BCUT2D eigenvalue weighted by Gasteiger charge is 2.39. The van der Waals surface area contributed by atoms with Crippen LogP contribution in [0.5, 0.6) is 0 Å². The third kappa shape index (κ3) is 2.49. The van der Waals surface area contributed by atoms with Crippen molar-refractivity contribution >= 4 is 9.84 Å². The number of rotatable bonds is 1. The Balaban J connectivity index is 1.74. The Hall–Kier alpha value is -0.390. The smallest absolute Gasteiger partial charge is 0.173 e. The first-order valence-electron chi connectivity index (χ1n) is 6.99. The molecule has 4 nitrogen and oxygen atoms in total. The summed E-state index contributed by atoms with van der Waals surface area (Å²) in [5.74, 6) is 0.281. The molecule has 2 heterocycles. The van der Waals surface area contributed by atoms with Crippen LogP contribution in [0.3, 0.4) is 0 Å². The Morgan fingerprint density at radius 2 is 2.00 bits per heavy atom. The zero-order valence-corrected chi connectivity index (χ0v) is 11.6. The maximum atomic E-state index is 11.6. The van der Waals surface area contributed by atoms with Gasteiger partial charge in [-0.25, -0.2) is 8.42 Å². The van der Waals surface area contributed by atoms with Crippen molar-refractivity contribution in [2.75, 3.05) is 25.4 Å². The summed E-state index contributed by atoms with van der Waals surface area (Å²) >= 11 is 0. The highest BCUT2D eigenvalue weighted by molar-refractivity contribution is 7.94. The molecule has 5 heteroatoms. The number of nitrogens with one attached hydrogen (secondary N) is 1. The van der Waals surface area contributed by atoms with Crippen molar-refractivity contribution in [1.82, 2.24) is 10.2 Å². The van der Waals surface area contributed by atoms with Gasteiger partial charge in [-0.15, -0.1) is 0 Å². The molecule has 2 fully saturated rings. The predicted octanol–water partition coefficient (Wildman–Crippen LogP) is 0.905. The van der Waals surface area contributed by atoms with Gasteiger partial charge in [0.1, 0.15) is 0 Å². The summed E-state index contributed by atoms with van der Waals surface area (Å²) in [6.45, 7) is 3.09. The van der Waals surface area contributed by atoms with Gasteiger partial charge in [-0.3, -0.25) is 4.90 Å². The largest absolute Gasteiger partial charge is 0.310 e. The van der Waals surface area contributed by atoms with Crippen molar-refractivity contribution in [1.29, 1.82) is 0 Å². The average molecular weight is 270 g/mol. The SMILES string of the molecule is O=S1(=O)C=CC(N2CCCNC3(CCCC3)C2)C1. The zero-order chi connectivity index (χ0) is 12.6. The molecule has 102 valence electrons. The molecule has 3 rings (SSSR count). The third-order valence-corrected chi connectivity index (χ3v) is 5.95. The molecule has 0 aromatic heterocycles. The van der Waals surface area contributed by atoms with Crippen molar-refractivity contribution < 1.29 is 8.42 Å². The molecule has 0 amide bonds. The first-order chi connectivity index (χ1) is 8.59. The Morgan fingerprint density at radius 1 is 1.22 bits per heavy atom. The molecule has 1 spiro atoms. The Bertz CT molecular complexity index is 438. The van der Waals surface area contributed by atoms with Crippen LogP contribution in [0.2, 0.25) is 0 Å². The number of hydrogen-bond donors (Lipinski definition) is 1. The second-order valence-electron chi connectivity index (χ2n) is 5.96. The molecule has 0 radical (unpaired) electrons. The van der Waals surface area contributed by atoms with Gasteiger partial charge in [0.2, 0.25) is 0 Å². The van der Waals surface area contributed by atoms with Crippen molar-refractivity contribution in [3.05, 3.63) is 11.5 Å². The minimum Gasteiger partial charge on any atom is -0.310 e. The molecular weight excluding hydrogens is 248 g/mol. The summed E-state index contributed by atoms with van der Waals surface area (Å²) in [4.78, 5) is 2.38. The van der Waals surface area contributed by atoms with E-state index in [0.717, 1.165) is 26.1 Å². The van der Waals surface area contributed by atoms with Crippen LogP contribution in [-0.4, -0.2) is 50.3 Å². The lowest BCUT2D eigenvalue weighted by atomic mass is 9.96. The van der Waals surface area contributed by atoms with E-state index in [0.29, 0.717) is 0 Å². The third-order valence-electron chi connectivity index (χ3n) is 4.57. The summed E-state index contributed by atoms with van der Waals surface area (Å²) in [5.41, 5.74) is 0.261. The number of nitrogens with zero attached hydrogens (tertiary/aromatic N) is 1. The summed E-state index contributed by atoms with van der Waals surface area (Å²) < 4.78 is 23.1. The van der Waals surface area contributed by atoms with Crippen LogP contribution < -0.4 is 5.32 Å². The molecule has 0 aromatic carbocycles. The second-order valence-corrected chi connectivity index (χ2v) is 7.89. The van der Waals surface area contributed by atoms with Crippen LogP contribution in [0, 0.1) is 0 Å². The molecule has 2 aliphatic heterocycles. The van der Waals surface area contributed by atoms with Gasteiger partial charge in [0.15, 0.2) is 9.84 Å². The van der Waals surface area contributed by atoms with E-state index >= 15 is 0 Å². The van der Waals surface area contributed by atoms with Gasteiger partial charge < -0.3 is 5.32 Å². The molecular formula is C13H22N2O2S. The van der Waals surface area contributed by atoms with E-state index in [9.17, 15) is 8.42 Å². The van der Waals surface area contributed by atoms with E-state index in [-0.39, 0.29) is 17.3 Å². The summed E-state index contributed by atoms with van der Waals surface area (Å²) in [6, 6.07) is 0.104. The molecule has 0 bridgehead atoms. The highest BCUT2D eigenvalue weighted by Crippen LogP contribution is 2.32. The van der Waals surface area contributed by atoms with Crippen LogP contribution in [-0.2, 0) is 9.84 Å². The molecule has 1 unspecified atom stereocenters. The van der Waals surface area contributed by atoms with Crippen molar-refractivity contribution in [2.24, 2.45) is 0 Å². The first-order valence-corrected chi connectivity index (χ1v) is 8.70. The lowest BCUT2D eigenvalue weighted by Crippen LogP contribution is -2.51. The van der Waals surface area contributed by atoms with Crippen molar-refractivity contribution in [2.45, 2.75) is 43.7 Å². The fourth-order valence-electron chi connectivity index (χ4n) is 3.62. The Kier molecular flexibility index (Phi) is 3.24. The fraction of sp³-hybridized carbons (Fsp3) is 0.846. The molecule has 0 aromatic rings. The van der Waals surface area contributed by atoms with Gasteiger partial charge in [0.25, 0.3) is 0 Å². The standard InChI is InChI=1S/C13H22N2O2S/c16-18(17)9-4-12(10-18)15-8-3-7-14-13(11-15)5-1-2-6-13/h4,9,12,14H,1-3,5-8,10-11H2. The van der Waals surface area contributed by atoms with Gasteiger partial charge in [-0.2, -0.15) is 0 Å². The molecule has 18 heavy (non-hydrogen) atoms. The molecule has 3 aliphatic rings. The van der Waals surface area contributed by atoms with Crippen LogP contribution in [0.1, 0.15) is 32.1 Å². The average Bonchev–Trinajstić information content (AvgIpc) is 2.83. The van der Waals surface area contributed by atoms with E-state index in [1.807, 2.05) is 6.08 Å². The highest BCUT2D eigenvalue weighted by atomic mass is 32.2. The fourth-order valence-corrected chi connectivity index (χ4v) is 4.95. The van der Waals surface area contributed by atoms with Gasteiger partial charge in [-0.05, 0) is 25.8 Å². The predicted molar refractivity (Wildman–Crippen MR) is 72.1 cm³/mol. The lowest BCUT2D eigenvalue weighted by Gasteiger charge is -2.35. The molecule has 1 aliphatic carbocycles. The Morgan fingerprint density at radius 3 is 2.67 bits per heavy atom. The van der Waals surface area contributed by atoms with Gasteiger partial charge >= 0.3 is 0 Å². The van der Waals surface area contributed by atoms with Crippen LogP contribution in [0.15, 0.2) is 11.5 Å². The monoisotopic (exact) mass is 270 g/mol. The van der Waals surface area contributed by atoms with E-state index < -0.39 is 9.84 Å². The quantitative estimate of drug-likeness (QED) is 0.769. The van der Waals surface area contributed by atoms with E-state index in [2.05, 4.69) is 10.2 Å².